The minimum absolute atomic E-state index is 0.0347. The Morgan fingerprint density at radius 1 is 1.07 bits per heavy atom. The third-order valence-corrected chi connectivity index (χ3v) is 4.58. The van der Waals surface area contributed by atoms with Gasteiger partial charge in [0.05, 0.1) is 17.9 Å². The summed E-state index contributed by atoms with van der Waals surface area (Å²) in [5.41, 5.74) is 1.52. The summed E-state index contributed by atoms with van der Waals surface area (Å²) in [5.74, 6) is -1.24. The first-order valence-corrected chi connectivity index (χ1v) is 9.26. The maximum atomic E-state index is 12.8. The summed E-state index contributed by atoms with van der Waals surface area (Å²) in [7, 11) is 0. The molecular formula is C22H22F3NO3. The van der Waals surface area contributed by atoms with Crippen molar-refractivity contribution in [3.8, 4) is 11.1 Å². The van der Waals surface area contributed by atoms with Crippen molar-refractivity contribution in [1.29, 1.82) is 0 Å². The molecule has 3 rings (SSSR count). The van der Waals surface area contributed by atoms with Crippen molar-refractivity contribution in [3.05, 3.63) is 53.6 Å². The lowest BCUT2D eigenvalue weighted by Gasteiger charge is -2.26. The summed E-state index contributed by atoms with van der Waals surface area (Å²) in [6, 6.07) is 10.2. The molecule has 154 valence electrons. The second-order valence-electron chi connectivity index (χ2n) is 8.13. The molecule has 0 radical (unpaired) electrons. The fourth-order valence-corrected chi connectivity index (χ4v) is 3.26. The maximum absolute atomic E-state index is 12.8. The van der Waals surface area contributed by atoms with Gasteiger partial charge in [0.2, 0.25) is 5.91 Å². The molecular weight excluding hydrogens is 383 g/mol. The molecule has 7 heteroatoms. The minimum atomic E-state index is -4.38. The Balaban J connectivity index is 1.79. The van der Waals surface area contributed by atoms with Crippen molar-refractivity contribution in [2.24, 2.45) is 5.92 Å². The Bertz CT molecular complexity index is 928. The van der Waals surface area contributed by atoms with Crippen LogP contribution in [0.3, 0.4) is 0 Å². The highest BCUT2D eigenvalue weighted by Crippen LogP contribution is 2.34. The van der Waals surface area contributed by atoms with Gasteiger partial charge in [-0.1, -0.05) is 18.2 Å². The summed E-state index contributed by atoms with van der Waals surface area (Å²) in [5, 5.41) is 2.79. The molecule has 2 aromatic carbocycles. The lowest BCUT2D eigenvalue weighted by Crippen LogP contribution is -2.33. The number of fused-ring (bicyclic) bond motifs is 1. The molecule has 1 heterocycles. The van der Waals surface area contributed by atoms with Gasteiger partial charge in [0.25, 0.3) is 0 Å². The number of carbonyl (C=O) groups excluding carboxylic acids is 2. The van der Waals surface area contributed by atoms with Crippen LogP contribution in [0.15, 0.2) is 42.5 Å². The fraction of sp³-hybridized carbons (Fsp3) is 0.364. The number of ether oxygens (including phenoxy) is 1. The van der Waals surface area contributed by atoms with Crippen molar-refractivity contribution in [2.45, 2.75) is 45.4 Å². The highest BCUT2D eigenvalue weighted by molar-refractivity contribution is 5.98. The van der Waals surface area contributed by atoms with E-state index in [-0.39, 0.29) is 12.3 Å². The van der Waals surface area contributed by atoms with Gasteiger partial charge in [0.1, 0.15) is 5.60 Å². The van der Waals surface area contributed by atoms with Gasteiger partial charge in [-0.2, -0.15) is 13.2 Å². The quantitative estimate of drug-likeness (QED) is 0.713. The summed E-state index contributed by atoms with van der Waals surface area (Å²) >= 11 is 0. The number of rotatable bonds is 3. The van der Waals surface area contributed by atoms with Gasteiger partial charge in [0.15, 0.2) is 0 Å². The molecule has 1 aliphatic rings. The van der Waals surface area contributed by atoms with Crippen LogP contribution in [0.4, 0.5) is 18.9 Å². The molecule has 0 aliphatic carbocycles. The van der Waals surface area contributed by atoms with Crippen LogP contribution in [-0.2, 0) is 26.9 Å². The largest absolute Gasteiger partial charge is 0.460 e. The number of benzene rings is 2. The van der Waals surface area contributed by atoms with Crippen LogP contribution in [-0.4, -0.2) is 17.5 Å². The number of esters is 1. The molecule has 2 aromatic rings. The second kappa shape index (κ2) is 7.54. The monoisotopic (exact) mass is 405 g/mol. The number of hydrogen-bond donors (Lipinski definition) is 1. The normalized spacial score (nSPS) is 16.8. The Morgan fingerprint density at radius 3 is 2.28 bits per heavy atom. The molecule has 1 unspecified atom stereocenters. The van der Waals surface area contributed by atoms with Crippen LogP contribution in [0.25, 0.3) is 11.1 Å². The molecule has 0 bridgehead atoms. The molecule has 0 spiro atoms. The lowest BCUT2D eigenvalue weighted by atomic mass is 9.89. The van der Waals surface area contributed by atoms with Gasteiger partial charge in [-0.25, -0.2) is 0 Å². The van der Waals surface area contributed by atoms with Crippen LogP contribution in [0.2, 0.25) is 0 Å². The zero-order valence-corrected chi connectivity index (χ0v) is 16.4. The number of carbonyl (C=O) groups is 2. The number of anilines is 1. The van der Waals surface area contributed by atoms with Gasteiger partial charge >= 0.3 is 12.1 Å². The summed E-state index contributed by atoms with van der Waals surface area (Å²) in [6.45, 7) is 5.28. The van der Waals surface area contributed by atoms with Crippen molar-refractivity contribution in [1.82, 2.24) is 0 Å². The first-order chi connectivity index (χ1) is 13.4. The average Bonchev–Trinajstić information content (AvgIpc) is 2.60. The average molecular weight is 405 g/mol. The predicted molar refractivity (Wildman–Crippen MR) is 103 cm³/mol. The Kier molecular flexibility index (Phi) is 5.43. The number of alkyl halides is 3. The highest BCUT2D eigenvalue weighted by atomic mass is 19.4. The first kappa shape index (κ1) is 20.9. The number of halogens is 3. The van der Waals surface area contributed by atoms with E-state index in [9.17, 15) is 22.8 Å². The zero-order valence-electron chi connectivity index (χ0n) is 16.4. The third-order valence-electron chi connectivity index (χ3n) is 4.58. The molecule has 0 saturated carbocycles. The van der Waals surface area contributed by atoms with Gasteiger partial charge < -0.3 is 10.1 Å². The molecule has 1 N–H and O–H groups in total. The van der Waals surface area contributed by atoms with E-state index < -0.39 is 29.2 Å². The Hall–Kier alpha value is -2.83. The highest BCUT2D eigenvalue weighted by Gasteiger charge is 2.31. The van der Waals surface area contributed by atoms with Crippen LogP contribution >= 0.6 is 0 Å². The van der Waals surface area contributed by atoms with Crippen LogP contribution < -0.4 is 5.32 Å². The molecule has 1 amide bonds. The summed E-state index contributed by atoms with van der Waals surface area (Å²) < 4.78 is 43.6. The lowest BCUT2D eigenvalue weighted by molar-refractivity contribution is -0.157. The molecule has 0 saturated heterocycles. The fourth-order valence-electron chi connectivity index (χ4n) is 3.26. The van der Waals surface area contributed by atoms with E-state index in [2.05, 4.69) is 5.32 Å². The minimum Gasteiger partial charge on any atom is -0.460 e. The molecule has 0 aromatic heterocycles. The number of amides is 1. The molecule has 0 fully saturated rings. The van der Waals surface area contributed by atoms with E-state index in [1.165, 1.54) is 12.1 Å². The molecule has 1 atom stereocenters. The van der Waals surface area contributed by atoms with E-state index in [0.717, 1.165) is 23.3 Å². The van der Waals surface area contributed by atoms with Gasteiger partial charge in [-0.05, 0) is 68.1 Å². The van der Waals surface area contributed by atoms with Crippen LogP contribution in [0.5, 0.6) is 0 Å². The molecule has 4 nitrogen and oxygen atoms in total. The first-order valence-electron chi connectivity index (χ1n) is 9.26. The van der Waals surface area contributed by atoms with Crippen molar-refractivity contribution < 1.29 is 27.5 Å². The van der Waals surface area contributed by atoms with E-state index in [0.29, 0.717) is 17.7 Å². The smallest absolute Gasteiger partial charge is 0.416 e. The Labute approximate surface area is 167 Å². The summed E-state index contributed by atoms with van der Waals surface area (Å²) in [6.07, 6.45) is -4.06. The van der Waals surface area contributed by atoms with E-state index in [1.807, 2.05) is 6.07 Å². The molecule has 1 aliphatic heterocycles. The van der Waals surface area contributed by atoms with Gasteiger partial charge in [0, 0.05) is 5.69 Å². The maximum Gasteiger partial charge on any atom is 0.416 e. The Morgan fingerprint density at radius 2 is 1.69 bits per heavy atom. The number of nitrogens with one attached hydrogen (secondary N) is 1. The van der Waals surface area contributed by atoms with Crippen molar-refractivity contribution in [3.63, 3.8) is 0 Å². The standard InChI is InChI=1S/C22H22F3NO3/c1-21(2,3)29-19(27)12-16-11-15-10-14(6-9-18(15)26-20(16)28)13-4-7-17(8-5-13)22(23,24)25/h4-10,16H,11-12H2,1-3H3,(H,26,28). The van der Waals surface area contributed by atoms with Crippen LogP contribution in [0.1, 0.15) is 38.3 Å². The van der Waals surface area contributed by atoms with Gasteiger partial charge in [-0.15, -0.1) is 0 Å². The third kappa shape index (κ3) is 5.16. The zero-order chi connectivity index (χ0) is 21.4. The van der Waals surface area contributed by atoms with E-state index in [1.54, 1.807) is 32.9 Å². The van der Waals surface area contributed by atoms with Gasteiger partial charge in [-0.3, -0.25) is 9.59 Å². The predicted octanol–water partition coefficient (Wildman–Crippen LogP) is 5.22. The second-order valence-corrected chi connectivity index (χ2v) is 8.13. The molecule has 29 heavy (non-hydrogen) atoms. The number of hydrogen-bond acceptors (Lipinski definition) is 3. The van der Waals surface area contributed by atoms with E-state index in [4.69, 9.17) is 4.74 Å². The van der Waals surface area contributed by atoms with E-state index >= 15 is 0 Å². The SMILES string of the molecule is CC(C)(C)OC(=O)CC1Cc2cc(-c3ccc(C(F)(F)F)cc3)ccc2NC1=O. The summed E-state index contributed by atoms with van der Waals surface area (Å²) in [4.78, 5) is 24.4. The topological polar surface area (TPSA) is 55.4 Å². The van der Waals surface area contributed by atoms with Crippen molar-refractivity contribution in [2.75, 3.05) is 5.32 Å². The van der Waals surface area contributed by atoms with Crippen molar-refractivity contribution >= 4 is 17.6 Å². The van der Waals surface area contributed by atoms with Crippen LogP contribution in [0, 0.1) is 5.92 Å².